The van der Waals surface area contributed by atoms with Crippen LogP contribution < -0.4 is 0 Å². The van der Waals surface area contributed by atoms with E-state index in [9.17, 15) is 9.59 Å². The van der Waals surface area contributed by atoms with Crippen molar-refractivity contribution < 1.29 is 19.8 Å². The van der Waals surface area contributed by atoms with E-state index in [1.165, 1.54) is 186 Å². The molecule has 0 aliphatic rings. The number of aliphatic carboxylic acids is 2. The van der Waals surface area contributed by atoms with Crippen molar-refractivity contribution in [1.82, 2.24) is 0 Å². The maximum atomic E-state index is 10.2. The Kier molecular flexibility index (Phi) is 50.9. The lowest BCUT2D eigenvalue weighted by Gasteiger charge is -2.02. The van der Waals surface area contributed by atoms with Gasteiger partial charge in [-0.3, -0.25) is 9.59 Å². The Labute approximate surface area is 283 Å². The number of carboxylic acids is 2. The minimum atomic E-state index is -0.659. The minimum Gasteiger partial charge on any atom is -0.481 e. The second-order valence-corrected chi connectivity index (χ2v) is 13.5. The molecule has 0 amide bonds. The summed E-state index contributed by atoms with van der Waals surface area (Å²) in [5, 5.41) is 16.8. The van der Waals surface area contributed by atoms with E-state index in [0.717, 1.165) is 25.7 Å². The van der Waals surface area contributed by atoms with Crippen LogP contribution in [0, 0.1) is 0 Å². The van der Waals surface area contributed by atoms with E-state index in [2.05, 4.69) is 27.7 Å². The van der Waals surface area contributed by atoms with Crippen LogP contribution in [0.25, 0.3) is 0 Å². The third-order valence-corrected chi connectivity index (χ3v) is 8.70. The molecular formula is C41H84O4. The first kappa shape index (κ1) is 48.3. The van der Waals surface area contributed by atoms with Crippen LogP contribution in [0.5, 0.6) is 0 Å². The molecule has 0 aromatic rings. The summed E-state index contributed by atoms with van der Waals surface area (Å²) in [6.07, 6.45) is 44.9. The molecular weight excluding hydrogens is 556 g/mol. The molecule has 0 spiro atoms. The fourth-order valence-electron chi connectivity index (χ4n) is 5.62. The highest BCUT2D eigenvalue weighted by molar-refractivity contribution is 5.66. The van der Waals surface area contributed by atoms with Crippen molar-refractivity contribution >= 4 is 11.9 Å². The van der Waals surface area contributed by atoms with Gasteiger partial charge in [0.15, 0.2) is 0 Å². The monoisotopic (exact) mass is 641 g/mol. The van der Waals surface area contributed by atoms with E-state index in [-0.39, 0.29) is 0 Å². The van der Waals surface area contributed by atoms with Crippen LogP contribution in [-0.2, 0) is 9.59 Å². The van der Waals surface area contributed by atoms with Gasteiger partial charge >= 0.3 is 11.9 Å². The van der Waals surface area contributed by atoms with Gasteiger partial charge in [-0.05, 0) is 12.8 Å². The smallest absolute Gasteiger partial charge is 0.303 e. The Balaban J connectivity index is -0.000000592. The average Bonchev–Trinajstić information content (AvgIpc) is 3.02. The van der Waals surface area contributed by atoms with E-state index < -0.39 is 11.9 Å². The summed E-state index contributed by atoms with van der Waals surface area (Å²) < 4.78 is 0. The minimum absolute atomic E-state index is 0.343. The maximum absolute atomic E-state index is 10.2. The Bertz CT molecular complexity index is 488. The molecule has 0 aliphatic carbocycles. The first-order valence-electron chi connectivity index (χ1n) is 20.4. The Morgan fingerprint density at radius 2 is 0.400 bits per heavy atom. The predicted octanol–water partition coefficient (Wildman–Crippen LogP) is 14.9. The van der Waals surface area contributed by atoms with E-state index in [0.29, 0.717) is 12.8 Å². The molecule has 0 atom stereocenters. The highest BCUT2D eigenvalue weighted by Gasteiger charge is 1.98. The van der Waals surface area contributed by atoms with Crippen molar-refractivity contribution in [3.05, 3.63) is 0 Å². The van der Waals surface area contributed by atoms with Crippen LogP contribution in [0.2, 0.25) is 0 Å². The normalized spacial score (nSPS) is 10.6. The Morgan fingerprint density at radius 3 is 0.533 bits per heavy atom. The molecule has 0 aliphatic heterocycles. The Hall–Kier alpha value is -1.06. The van der Waals surface area contributed by atoms with Gasteiger partial charge in [-0.1, -0.05) is 227 Å². The zero-order valence-corrected chi connectivity index (χ0v) is 31.5. The van der Waals surface area contributed by atoms with E-state index in [1.54, 1.807) is 0 Å². The zero-order valence-electron chi connectivity index (χ0n) is 31.5. The molecule has 4 nitrogen and oxygen atoms in total. The van der Waals surface area contributed by atoms with Crippen molar-refractivity contribution in [2.24, 2.45) is 0 Å². The lowest BCUT2D eigenvalue weighted by Crippen LogP contribution is -1.93. The summed E-state index contributed by atoms with van der Waals surface area (Å²) in [6, 6.07) is 0. The molecule has 0 fully saturated rings. The lowest BCUT2D eigenvalue weighted by atomic mass is 10.0. The molecule has 45 heavy (non-hydrogen) atoms. The molecule has 0 aromatic heterocycles. The van der Waals surface area contributed by atoms with Gasteiger partial charge in [-0.2, -0.15) is 0 Å². The van der Waals surface area contributed by atoms with E-state index in [4.69, 9.17) is 10.2 Å². The number of unbranched alkanes of at least 4 members (excludes halogenated alkanes) is 30. The first-order chi connectivity index (χ1) is 22.0. The lowest BCUT2D eigenvalue weighted by molar-refractivity contribution is -0.138. The van der Waals surface area contributed by atoms with Gasteiger partial charge in [0.05, 0.1) is 0 Å². The van der Waals surface area contributed by atoms with Gasteiger partial charge in [0, 0.05) is 12.8 Å². The predicted molar refractivity (Wildman–Crippen MR) is 200 cm³/mol. The van der Waals surface area contributed by atoms with Gasteiger partial charge in [-0.15, -0.1) is 0 Å². The molecule has 272 valence electrons. The van der Waals surface area contributed by atoms with Crippen LogP contribution in [0.4, 0.5) is 0 Å². The van der Waals surface area contributed by atoms with Crippen LogP contribution in [-0.4, -0.2) is 22.2 Å². The standard InChI is InChI=1S/C17H36.2C12H24O2/c1-3-5-7-9-11-13-15-17-16-14-12-10-8-6-4-2;2*1-2-3-4-5-6-7-8-9-10-11-12(13)14/h3-17H2,1-2H3;2*2-11H2,1H3,(H,13,14). The number of carboxylic acid groups (broad SMARTS) is 2. The summed E-state index contributed by atoms with van der Waals surface area (Å²) in [5.41, 5.74) is 0. The summed E-state index contributed by atoms with van der Waals surface area (Å²) in [4.78, 5) is 20.4. The highest BCUT2D eigenvalue weighted by atomic mass is 16.4. The van der Waals surface area contributed by atoms with Crippen molar-refractivity contribution in [2.75, 3.05) is 0 Å². The summed E-state index contributed by atoms with van der Waals surface area (Å²) in [7, 11) is 0. The molecule has 2 N–H and O–H groups in total. The van der Waals surface area contributed by atoms with Crippen LogP contribution in [0.1, 0.15) is 252 Å². The SMILES string of the molecule is CCCCCCCCCCCC(=O)O.CCCCCCCCCCCC(=O)O.CCCCCCCCCCCCCCCCC. The number of hydrogen-bond acceptors (Lipinski definition) is 2. The average molecular weight is 641 g/mol. The molecule has 0 heterocycles. The zero-order chi connectivity index (χ0) is 33.9. The summed E-state index contributed by atoms with van der Waals surface area (Å²) >= 11 is 0. The van der Waals surface area contributed by atoms with Crippen LogP contribution >= 0.6 is 0 Å². The van der Waals surface area contributed by atoms with Crippen molar-refractivity contribution in [3.63, 3.8) is 0 Å². The van der Waals surface area contributed by atoms with Crippen molar-refractivity contribution in [2.45, 2.75) is 252 Å². The quantitative estimate of drug-likeness (QED) is 0.0686. The Morgan fingerprint density at radius 1 is 0.267 bits per heavy atom. The third kappa shape index (κ3) is 59.0. The van der Waals surface area contributed by atoms with Crippen LogP contribution in [0.15, 0.2) is 0 Å². The molecule has 0 bridgehead atoms. The summed E-state index contributed by atoms with van der Waals surface area (Å²) in [5.74, 6) is -1.32. The molecule has 4 heteroatoms. The van der Waals surface area contributed by atoms with Gasteiger partial charge in [-0.25, -0.2) is 0 Å². The fourth-order valence-corrected chi connectivity index (χ4v) is 5.62. The molecule has 0 saturated heterocycles. The number of carbonyl (C=O) groups is 2. The largest absolute Gasteiger partial charge is 0.481 e. The fraction of sp³-hybridized carbons (Fsp3) is 0.951. The van der Waals surface area contributed by atoms with Crippen molar-refractivity contribution in [3.8, 4) is 0 Å². The second-order valence-electron chi connectivity index (χ2n) is 13.5. The van der Waals surface area contributed by atoms with E-state index in [1.807, 2.05) is 0 Å². The molecule has 0 unspecified atom stereocenters. The number of rotatable bonds is 34. The van der Waals surface area contributed by atoms with Gasteiger partial charge < -0.3 is 10.2 Å². The third-order valence-electron chi connectivity index (χ3n) is 8.70. The number of hydrogen-bond donors (Lipinski definition) is 2. The van der Waals surface area contributed by atoms with Crippen molar-refractivity contribution in [1.29, 1.82) is 0 Å². The second kappa shape index (κ2) is 47.3. The van der Waals surface area contributed by atoms with Gasteiger partial charge in [0.25, 0.3) is 0 Å². The molecule has 0 saturated carbocycles. The van der Waals surface area contributed by atoms with Crippen LogP contribution in [0.3, 0.4) is 0 Å². The molecule has 0 aromatic carbocycles. The molecule has 0 rings (SSSR count). The van der Waals surface area contributed by atoms with Gasteiger partial charge in [0.2, 0.25) is 0 Å². The first-order valence-corrected chi connectivity index (χ1v) is 20.4. The summed E-state index contributed by atoms with van der Waals surface area (Å²) in [6.45, 7) is 9.04. The van der Waals surface area contributed by atoms with Gasteiger partial charge in [0.1, 0.15) is 0 Å². The van der Waals surface area contributed by atoms with E-state index >= 15 is 0 Å². The topological polar surface area (TPSA) is 74.6 Å². The maximum Gasteiger partial charge on any atom is 0.303 e. The molecule has 0 radical (unpaired) electrons. The highest BCUT2D eigenvalue weighted by Crippen LogP contribution is 2.14.